The van der Waals surface area contributed by atoms with Gasteiger partial charge in [-0.25, -0.2) is 4.79 Å². The van der Waals surface area contributed by atoms with Crippen LogP contribution in [-0.2, 0) is 33.3 Å². The highest BCUT2D eigenvalue weighted by Crippen LogP contribution is 2.19. The van der Waals surface area contributed by atoms with Crippen LogP contribution >= 0.6 is 0 Å². The molecule has 1 rings (SSSR count). The zero-order valence-corrected chi connectivity index (χ0v) is 12.4. The lowest BCUT2D eigenvalue weighted by atomic mass is 10.1. The molecule has 0 fully saturated rings. The number of hydrogen-bond donors (Lipinski definition) is 0. The van der Waals surface area contributed by atoms with Gasteiger partial charge in [-0.3, -0.25) is 9.59 Å². The van der Waals surface area contributed by atoms with Crippen molar-refractivity contribution in [3.8, 4) is 0 Å². The number of esters is 3. The second-order valence-corrected chi connectivity index (χ2v) is 4.51. The number of rotatable bonds is 6. The molecular weight excluding hydrogens is 280 g/mol. The number of ether oxygens (including phenoxy) is 4. The lowest BCUT2D eigenvalue weighted by Gasteiger charge is -2.29. The molecule has 3 atom stereocenters. The van der Waals surface area contributed by atoms with E-state index in [1.54, 1.807) is 0 Å². The van der Waals surface area contributed by atoms with Crippen molar-refractivity contribution < 1.29 is 33.3 Å². The third kappa shape index (κ3) is 5.95. The van der Waals surface area contributed by atoms with Crippen LogP contribution in [0.25, 0.3) is 0 Å². The van der Waals surface area contributed by atoms with Crippen LogP contribution < -0.4 is 0 Å². The molecule has 0 aromatic heterocycles. The molecule has 0 unspecified atom stereocenters. The summed E-state index contributed by atoms with van der Waals surface area (Å²) in [6.45, 7) is 4.67. The van der Waals surface area contributed by atoms with Crippen molar-refractivity contribution in [1.29, 1.82) is 0 Å². The number of hydrogen-bond acceptors (Lipinski definition) is 7. The maximum absolute atomic E-state index is 12.0. The first-order valence-electron chi connectivity index (χ1n) is 6.79. The van der Waals surface area contributed by atoms with Crippen LogP contribution in [0.15, 0.2) is 12.2 Å². The van der Waals surface area contributed by atoms with Crippen LogP contribution in [-0.4, -0.2) is 43.0 Å². The summed E-state index contributed by atoms with van der Waals surface area (Å²) >= 11 is 0. The van der Waals surface area contributed by atoms with Crippen molar-refractivity contribution in [2.45, 2.75) is 52.1 Å². The molecule has 0 aliphatic carbocycles. The maximum Gasteiger partial charge on any atom is 0.339 e. The molecule has 0 saturated heterocycles. The second kappa shape index (κ2) is 8.41. The van der Waals surface area contributed by atoms with Gasteiger partial charge in [0.25, 0.3) is 0 Å². The van der Waals surface area contributed by atoms with Gasteiger partial charge in [-0.1, -0.05) is 13.3 Å². The van der Waals surface area contributed by atoms with Crippen LogP contribution in [0.2, 0.25) is 0 Å². The van der Waals surface area contributed by atoms with Crippen LogP contribution in [0.4, 0.5) is 0 Å². The van der Waals surface area contributed by atoms with Crippen molar-refractivity contribution >= 4 is 17.9 Å². The van der Waals surface area contributed by atoms with Gasteiger partial charge in [0, 0.05) is 13.8 Å². The molecule has 0 N–H and O–H groups in total. The Morgan fingerprint density at radius 2 is 1.76 bits per heavy atom. The van der Waals surface area contributed by atoms with Gasteiger partial charge in [0.15, 0.2) is 12.2 Å². The van der Waals surface area contributed by atoms with Gasteiger partial charge in [-0.15, -0.1) is 0 Å². The van der Waals surface area contributed by atoms with Gasteiger partial charge in [-0.2, -0.15) is 0 Å². The number of carbonyl (C=O) groups is 3. The summed E-state index contributed by atoms with van der Waals surface area (Å²) in [7, 11) is 0. The first-order chi connectivity index (χ1) is 9.93. The van der Waals surface area contributed by atoms with Crippen molar-refractivity contribution in [3.05, 3.63) is 12.2 Å². The van der Waals surface area contributed by atoms with E-state index in [1.807, 2.05) is 6.92 Å². The van der Waals surface area contributed by atoms with E-state index >= 15 is 0 Å². The van der Waals surface area contributed by atoms with Crippen LogP contribution in [0, 0.1) is 0 Å². The minimum atomic E-state index is -1.15. The lowest BCUT2D eigenvalue weighted by Crippen LogP contribution is -2.45. The number of unbranched alkanes of at least 4 members (excludes halogenated alkanes) is 1. The van der Waals surface area contributed by atoms with Gasteiger partial charge >= 0.3 is 17.9 Å². The van der Waals surface area contributed by atoms with Crippen molar-refractivity contribution in [3.63, 3.8) is 0 Å². The molecule has 0 aromatic rings. The Balaban J connectivity index is 2.72. The molecule has 0 aromatic carbocycles. The van der Waals surface area contributed by atoms with Crippen LogP contribution in [0.5, 0.6) is 0 Å². The maximum atomic E-state index is 12.0. The highest BCUT2D eigenvalue weighted by atomic mass is 16.7. The predicted molar refractivity (Wildman–Crippen MR) is 71.0 cm³/mol. The Hall–Kier alpha value is -1.89. The normalized spacial score (nSPS) is 24.2. The third-order valence-electron chi connectivity index (χ3n) is 2.60. The summed E-state index contributed by atoms with van der Waals surface area (Å²) in [5.41, 5.74) is 0. The minimum Gasteiger partial charge on any atom is -0.464 e. The van der Waals surface area contributed by atoms with Crippen LogP contribution in [0.3, 0.4) is 0 Å². The van der Waals surface area contributed by atoms with Gasteiger partial charge in [0.1, 0.15) is 0 Å². The Morgan fingerprint density at radius 3 is 2.33 bits per heavy atom. The highest BCUT2D eigenvalue weighted by Gasteiger charge is 2.37. The van der Waals surface area contributed by atoms with E-state index in [0.717, 1.165) is 12.8 Å². The Bertz CT molecular complexity index is 416. The van der Waals surface area contributed by atoms with Gasteiger partial charge in [0.05, 0.1) is 6.61 Å². The minimum absolute atomic E-state index is 0.254. The average Bonchev–Trinajstić information content (AvgIpc) is 2.39. The fraction of sp³-hybridized carbons (Fsp3) is 0.643. The first kappa shape index (κ1) is 17.2. The molecule has 7 heteroatoms. The lowest BCUT2D eigenvalue weighted by molar-refractivity contribution is -0.205. The van der Waals surface area contributed by atoms with Gasteiger partial charge in [0.2, 0.25) is 6.29 Å². The monoisotopic (exact) mass is 300 g/mol. The van der Waals surface area contributed by atoms with E-state index in [4.69, 9.17) is 18.9 Å². The predicted octanol–water partition coefficient (Wildman–Crippen LogP) is 1.11. The topological polar surface area (TPSA) is 88.1 Å². The fourth-order valence-corrected chi connectivity index (χ4v) is 1.68. The van der Waals surface area contributed by atoms with E-state index < -0.39 is 36.4 Å². The Morgan fingerprint density at radius 1 is 1.10 bits per heavy atom. The van der Waals surface area contributed by atoms with E-state index in [-0.39, 0.29) is 6.61 Å². The molecule has 1 heterocycles. The quantitative estimate of drug-likeness (QED) is 0.314. The average molecular weight is 300 g/mol. The Labute approximate surface area is 123 Å². The summed E-state index contributed by atoms with van der Waals surface area (Å²) in [6, 6.07) is 0. The molecule has 0 amide bonds. The Kier molecular flexibility index (Phi) is 6.87. The largest absolute Gasteiger partial charge is 0.464 e. The number of carbonyl (C=O) groups excluding carboxylic acids is 3. The second-order valence-electron chi connectivity index (χ2n) is 4.51. The summed E-state index contributed by atoms with van der Waals surface area (Å²) in [5, 5.41) is 0. The molecule has 21 heavy (non-hydrogen) atoms. The van der Waals surface area contributed by atoms with E-state index in [0.29, 0.717) is 0 Å². The van der Waals surface area contributed by atoms with E-state index in [2.05, 4.69) is 0 Å². The molecule has 0 bridgehead atoms. The molecule has 118 valence electrons. The highest BCUT2D eigenvalue weighted by molar-refractivity contribution is 5.77. The van der Waals surface area contributed by atoms with E-state index in [1.165, 1.54) is 26.0 Å². The summed E-state index contributed by atoms with van der Waals surface area (Å²) in [6.07, 6.45) is 1.40. The van der Waals surface area contributed by atoms with Crippen molar-refractivity contribution in [1.82, 2.24) is 0 Å². The SMILES string of the molecule is CCCCOC(=O)[C@H]1O[C@@H](OC(C)=O)C=C[C@H]1OC(C)=O. The van der Waals surface area contributed by atoms with Gasteiger partial charge in [-0.05, 0) is 18.6 Å². The van der Waals surface area contributed by atoms with Crippen molar-refractivity contribution in [2.75, 3.05) is 6.61 Å². The zero-order valence-electron chi connectivity index (χ0n) is 12.4. The first-order valence-corrected chi connectivity index (χ1v) is 6.79. The third-order valence-corrected chi connectivity index (χ3v) is 2.60. The molecule has 0 spiro atoms. The van der Waals surface area contributed by atoms with Gasteiger partial charge < -0.3 is 18.9 Å². The molecular formula is C14H20O7. The summed E-state index contributed by atoms with van der Waals surface area (Å²) in [5.74, 6) is -1.75. The summed E-state index contributed by atoms with van der Waals surface area (Å²) < 4.78 is 20.2. The molecule has 0 saturated carbocycles. The zero-order chi connectivity index (χ0) is 15.8. The van der Waals surface area contributed by atoms with E-state index in [9.17, 15) is 14.4 Å². The summed E-state index contributed by atoms with van der Waals surface area (Å²) in [4.78, 5) is 34.0. The molecule has 0 radical (unpaired) electrons. The smallest absolute Gasteiger partial charge is 0.339 e. The molecule has 1 aliphatic rings. The standard InChI is InChI=1S/C14H20O7/c1-4-5-8-18-14(17)13-11(19-9(2)15)6-7-12(21-13)20-10(3)16/h6-7,11-13H,4-5,8H2,1-3H3/t11-,12-,13+/m1/s1. The molecule has 7 nitrogen and oxygen atoms in total. The molecule has 1 aliphatic heterocycles. The van der Waals surface area contributed by atoms with Crippen LogP contribution in [0.1, 0.15) is 33.6 Å². The fourth-order valence-electron chi connectivity index (χ4n) is 1.68. The van der Waals surface area contributed by atoms with Crippen molar-refractivity contribution in [2.24, 2.45) is 0 Å².